The molecule has 2 rings (SSSR count). The van der Waals surface area contributed by atoms with Crippen LogP contribution in [0.4, 0.5) is 11.4 Å². The fraction of sp³-hybridized carbons (Fsp3) is 0.133. The van der Waals surface area contributed by atoms with E-state index >= 15 is 0 Å². The number of hydrogen-bond donors (Lipinski definition) is 1. The van der Waals surface area contributed by atoms with Crippen molar-refractivity contribution < 1.29 is 4.79 Å². The van der Waals surface area contributed by atoms with Gasteiger partial charge in [0.25, 0.3) is 5.91 Å². The Hall–Kier alpha value is -2.78. The molecule has 0 unspecified atom stereocenters. The molecule has 20 heavy (non-hydrogen) atoms. The molecule has 0 bridgehead atoms. The highest BCUT2D eigenvalue weighted by Gasteiger charge is 2.08. The van der Waals surface area contributed by atoms with Crippen molar-refractivity contribution in [2.24, 2.45) is 5.11 Å². The van der Waals surface area contributed by atoms with E-state index in [0.717, 1.165) is 16.8 Å². The SMILES string of the molecule is Cc1cccc(NC(=O)c2ccc(N=[N+]=[N-])cc2)c1C. The quantitative estimate of drug-likeness (QED) is 0.495. The molecule has 5 nitrogen and oxygen atoms in total. The third-order valence-electron chi connectivity index (χ3n) is 3.14. The van der Waals surface area contributed by atoms with Crippen molar-refractivity contribution in [2.45, 2.75) is 13.8 Å². The van der Waals surface area contributed by atoms with E-state index in [1.807, 2.05) is 32.0 Å². The zero-order chi connectivity index (χ0) is 14.5. The Morgan fingerprint density at radius 1 is 1.15 bits per heavy atom. The summed E-state index contributed by atoms with van der Waals surface area (Å²) in [7, 11) is 0. The number of anilines is 1. The van der Waals surface area contributed by atoms with Crippen molar-refractivity contribution in [3.05, 3.63) is 69.6 Å². The molecule has 1 amide bonds. The summed E-state index contributed by atoms with van der Waals surface area (Å²) in [6.07, 6.45) is 0. The average molecular weight is 266 g/mol. The summed E-state index contributed by atoms with van der Waals surface area (Å²) in [6.45, 7) is 3.97. The van der Waals surface area contributed by atoms with Crippen LogP contribution in [0.15, 0.2) is 47.6 Å². The Kier molecular flexibility index (Phi) is 4.03. The van der Waals surface area contributed by atoms with Crippen molar-refractivity contribution in [3.63, 3.8) is 0 Å². The Balaban J connectivity index is 2.19. The second kappa shape index (κ2) is 5.91. The van der Waals surface area contributed by atoms with Crippen LogP contribution in [0.25, 0.3) is 10.4 Å². The molecule has 0 aliphatic heterocycles. The topological polar surface area (TPSA) is 77.9 Å². The maximum absolute atomic E-state index is 12.1. The molecule has 5 heteroatoms. The fourth-order valence-corrected chi connectivity index (χ4v) is 1.81. The number of carbonyl (C=O) groups is 1. The van der Waals surface area contributed by atoms with Crippen LogP contribution in [0.1, 0.15) is 21.5 Å². The van der Waals surface area contributed by atoms with Gasteiger partial charge in [0.15, 0.2) is 0 Å². The highest BCUT2D eigenvalue weighted by Crippen LogP contribution is 2.19. The van der Waals surface area contributed by atoms with Crippen LogP contribution in [0, 0.1) is 13.8 Å². The first-order valence-corrected chi connectivity index (χ1v) is 6.14. The summed E-state index contributed by atoms with van der Waals surface area (Å²) in [6, 6.07) is 12.3. The Labute approximate surface area is 116 Å². The Bertz CT molecular complexity index is 686. The maximum atomic E-state index is 12.1. The molecule has 2 aromatic carbocycles. The number of amides is 1. The molecule has 1 N–H and O–H groups in total. The van der Waals surface area contributed by atoms with E-state index in [1.54, 1.807) is 24.3 Å². The van der Waals surface area contributed by atoms with Crippen LogP contribution in [0.5, 0.6) is 0 Å². The van der Waals surface area contributed by atoms with Gasteiger partial charge in [-0.05, 0) is 48.7 Å². The summed E-state index contributed by atoms with van der Waals surface area (Å²) in [4.78, 5) is 14.8. The number of hydrogen-bond acceptors (Lipinski definition) is 2. The first kappa shape index (κ1) is 13.6. The highest BCUT2D eigenvalue weighted by atomic mass is 16.1. The van der Waals surface area contributed by atoms with E-state index in [9.17, 15) is 4.79 Å². The molecular weight excluding hydrogens is 252 g/mol. The maximum Gasteiger partial charge on any atom is 0.255 e. The number of rotatable bonds is 3. The van der Waals surface area contributed by atoms with Crippen molar-refractivity contribution >= 4 is 17.3 Å². The Morgan fingerprint density at radius 2 is 1.85 bits per heavy atom. The van der Waals surface area contributed by atoms with Gasteiger partial charge >= 0.3 is 0 Å². The highest BCUT2D eigenvalue weighted by molar-refractivity contribution is 6.04. The normalized spacial score (nSPS) is 9.70. The lowest BCUT2D eigenvalue weighted by molar-refractivity contribution is 0.102. The van der Waals surface area contributed by atoms with Gasteiger partial charge < -0.3 is 5.32 Å². The molecule has 0 heterocycles. The van der Waals surface area contributed by atoms with Gasteiger partial charge in [0, 0.05) is 21.8 Å². The number of benzene rings is 2. The number of nitrogens with zero attached hydrogens (tertiary/aromatic N) is 3. The van der Waals surface area contributed by atoms with Gasteiger partial charge in [0.1, 0.15) is 0 Å². The molecule has 0 aromatic heterocycles. The minimum atomic E-state index is -0.189. The van der Waals surface area contributed by atoms with E-state index < -0.39 is 0 Å². The van der Waals surface area contributed by atoms with Crippen molar-refractivity contribution in [2.75, 3.05) is 5.32 Å². The fourth-order valence-electron chi connectivity index (χ4n) is 1.81. The average Bonchev–Trinajstić information content (AvgIpc) is 2.45. The van der Waals surface area contributed by atoms with Crippen LogP contribution in [0.2, 0.25) is 0 Å². The van der Waals surface area contributed by atoms with Gasteiger partial charge in [0.2, 0.25) is 0 Å². The predicted molar refractivity (Wildman–Crippen MR) is 79.1 cm³/mol. The van der Waals surface area contributed by atoms with Crippen LogP contribution >= 0.6 is 0 Å². The van der Waals surface area contributed by atoms with Gasteiger partial charge in [-0.15, -0.1) is 0 Å². The van der Waals surface area contributed by atoms with Gasteiger partial charge in [0.05, 0.1) is 0 Å². The lowest BCUT2D eigenvalue weighted by atomic mass is 10.1. The third kappa shape index (κ3) is 2.96. The minimum absolute atomic E-state index is 0.189. The minimum Gasteiger partial charge on any atom is -0.322 e. The smallest absolute Gasteiger partial charge is 0.255 e. The number of nitrogens with one attached hydrogen (secondary N) is 1. The molecule has 2 aromatic rings. The second-order valence-electron chi connectivity index (χ2n) is 4.44. The molecule has 0 aliphatic carbocycles. The molecule has 0 spiro atoms. The standard InChI is InChI=1S/C15H14N4O/c1-10-4-3-5-14(11(10)2)17-15(20)12-6-8-13(9-7-12)18-19-16/h3-9H,1-2H3,(H,17,20). The van der Waals surface area contributed by atoms with E-state index in [2.05, 4.69) is 15.3 Å². The van der Waals surface area contributed by atoms with Crippen molar-refractivity contribution in [1.82, 2.24) is 0 Å². The molecule has 0 aliphatic rings. The number of azide groups is 1. The van der Waals surface area contributed by atoms with Crippen LogP contribution in [0.3, 0.4) is 0 Å². The van der Waals surface area contributed by atoms with Gasteiger partial charge in [-0.2, -0.15) is 0 Å². The van der Waals surface area contributed by atoms with Crippen LogP contribution in [-0.2, 0) is 0 Å². The lowest BCUT2D eigenvalue weighted by Crippen LogP contribution is -2.12. The van der Waals surface area contributed by atoms with Crippen molar-refractivity contribution in [3.8, 4) is 0 Å². The summed E-state index contributed by atoms with van der Waals surface area (Å²) in [5.41, 5.74) is 12.3. The summed E-state index contributed by atoms with van der Waals surface area (Å²) in [5.74, 6) is -0.189. The molecule has 0 saturated carbocycles. The number of carbonyl (C=O) groups excluding carboxylic acids is 1. The second-order valence-corrected chi connectivity index (χ2v) is 4.44. The van der Waals surface area contributed by atoms with E-state index in [-0.39, 0.29) is 5.91 Å². The monoisotopic (exact) mass is 266 g/mol. The third-order valence-corrected chi connectivity index (χ3v) is 3.14. The van der Waals surface area contributed by atoms with E-state index in [0.29, 0.717) is 11.3 Å². The van der Waals surface area contributed by atoms with Crippen LogP contribution in [-0.4, -0.2) is 5.91 Å². The van der Waals surface area contributed by atoms with Gasteiger partial charge in [-0.25, -0.2) is 0 Å². The molecule has 100 valence electrons. The zero-order valence-corrected chi connectivity index (χ0v) is 11.3. The van der Waals surface area contributed by atoms with Gasteiger partial charge in [-0.1, -0.05) is 29.4 Å². The molecule has 0 atom stereocenters. The molecule has 0 radical (unpaired) electrons. The molecule has 0 fully saturated rings. The number of aryl methyl sites for hydroxylation is 1. The largest absolute Gasteiger partial charge is 0.322 e. The van der Waals surface area contributed by atoms with Gasteiger partial charge in [-0.3, -0.25) is 4.79 Å². The molecule has 0 saturated heterocycles. The van der Waals surface area contributed by atoms with E-state index in [4.69, 9.17) is 5.53 Å². The Morgan fingerprint density at radius 3 is 2.50 bits per heavy atom. The predicted octanol–water partition coefficient (Wildman–Crippen LogP) is 4.50. The summed E-state index contributed by atoms with van der Waals surface area (Å²) < 4.78 is 0. The summed E-state index contributed by atoms with van der Waals surface area (Å²) >= 11 is 0. The zero-order valence-electron chi connectivity index (χ0n) is 11.3. The van der Waals surface area contributed by atoms with Crippen molar-refractivity contribution in [1.29, 1.82) is 0 Å². The van der Waals surface area contributed by atoms with E-state index in [1.165, 1.54) is 0 Å². The summed E-state index contributed by atoms with van der Waals surface area (Å²) in [5, 5.41) is 6.34. The lowest BCUT2D eigenvalue weighted by Gasteiger charge is -2.10. The van der Waals surface area contributed by atoms with Crippen LogP contribution < -0.4 is 5.32 Å². The first-order chi connectivity index (χ1) is 9.61. The molecular formula is C15H14N4O. The first-order valence-electron chi connectivity index (χ1n) is 6.14.